The average Bonchev–Trinajstić information content (AvgIpc) is 3.50. The standard InChI is InChI=1S/C21H20ClNO3/c1-25-19-7-2-14(3-8-19)12-23(18-5-6-18)21(24)16-10-15-11-17(22)4-9-20(15)26-13-16/h2-4,7-11,18H,5-6,12-13H2,1H3. The van der Waals surface area contributed by atoms with Gasteiger partial charge in [0.2, 0.25) is 0 Å². The molecular weight excluding hydrogens is 350 g/mol. The Morgan fingerprint density at radius 2 is 2.00 bits per heavy atom. The van der Waals surface area contributed by atoms with Gasteiger partial charge in [-0.15, -0.1) is 0 Å². The number of carbonyl (C=O) groups excluding carboxylic acids is 1. The zero-order chi connectivity index (χ0) is 18.1. The number of hydrogen-bond donors (Lipinski definition) is 0. The van der Waals surface area contributed by atoms with Crippen molar-refractivity contribution in [1.82, 2.24) is 4.90 Å². The number of carbonyl (C=O) groups is 1. The molecule has 4 nitrogen and oxygen atoms in total. The lowest BCUT2D eigenvalue weighted by molar-refractivity contribution is -0.128. The number of hydrogen-bond acceptors (Lipinski definition) is 3. The molecule has 2 aromatic rings. The highest BCUT2D eigenvalue weighted by molar-refractivity contribution is 6.30. The summed E-state index contributed by atoms with van der Waals surface area (Å²) in [7, 11) is 1.65. The normalized spacial score (nSPS) is 15.5. The van der Waals surface area contributed by atoms with Crippen molar-refractivity contribution < 1.29 is 14.3 Å². The highest BCUT2D eigenvalue weighted by Crippen LogP contribution is 2.33. The Morgan fingerprint density at radius 3 is 2.69 bits per heavy atom. The minimum Gasteiger partial charge on any atom is -0.497 e. The summed E-state index contributed by atoms with van der Waals surface area (Å²) < 4.78 is 11.0. The highest BCUT2D eigenvalue weighted by Gasteiger charge is 2.34. The van der Waals surface area contributed by atoms with E-state index in [1.54, 1.807) is 13.2 Å². The molecule has 0 spiro atoms. The lowest BCUT2D eigenvalue weighted by Crippen LogP contribution is -2.35. The summed E-state index contributed by atoms with van der Waals surface area (Å²) in [4.78, 5) is 15.1. The van der Waals surface area contributed by atoms with E-state index in [1.807, 2.05) is 47.4 Å². The predicted molar refractivity (Wildman–Crippen MR) is 101 cm³/mol. The van der Waals surface area contributed by atoms with Crippen LogP contribution in [0.15, 0.2) is 48.0 Å². The third kappa shape index (κ3) is 3.56. The number of benzene rings is 2. The first-order valence-electron chi connectivity index (χ1n) is 8.71. The van der Waals surface area contributed by atoms with Crippen molar-refractivity contribution in [3.63, 3.8) is 0 Å². The summed E-state index contributed by atoms with van der Waals surface area (Å²) in [6, 6.07) is 13.6. The fourth-order valence-electron chi connectivity index (χ4n) is 3.14. The van der Waals surface area contributed by atoms with E-state index >= 15 is 0 Å². The molecule has 2 aliphatic rings. The minimum absolute atomic E-state index is 0.0361. The molecule has 1 aliphatic heterocycles. The van der Waals surface area contributed by atoms with Crippen LogP contribution in [0.5, 0.6) is 11.5 Å². The maximum Gasteiger partial charge on any atom is 0.253 e. The van der Waals surface area contributed by atoms with E-state index in [1.165, 1.54) is 0 Å². The van der Waals surface area contributed by atoms with E-state index < -0.39 is 0 Å². The first kappa shape index (κ1) is 17.0. The quantitative estimate of drug-likeness (QED) is 0.788. The van der Waals surface area contributed by atoms with Crippen LogP contribution in [0.2, 0.25) is 5.02 Å². The number of rotatable bonds is 5. The SMILES string of the molecule is COc1ccc(CN(C(=O)C2=Cc3cc(Cl)ccc3OC2)C2CC2)cc1. The van der Waals surface area contributed by atoms with E-state index in [0.29, 0.717) is 29.8 Å². The molecule has 0 aromatic heterocycles. The topological polar surface area (TPSA) is 38.8 Å². The molecule has 26 heavy (non-hydrogen) atoms. The average molecular weight is 370 g/mol. The molecule has 0 radical (unpaired) electrons. The van der Waals surface area contributed by atoms with Crippen molar-refractivity contribution in [2.24, 2.45) is 0 Å². The Kier molecular flexibility index (Phi) is 4.60. The van der Waals surface area contributed by atoms with Crippen molar-refractivity contribution in [3.05, 3.63) is 64.2 Å². The third-order valence-electron chi connectivity index (χ3n) is 4.72. The van der Waals surface area contributed by atoms with Crippen LogP contribution in [0.25, 0.3) is 6.08 Å². The number of fused-ring (bicyclic) bond motifs is 1. The molecular formula is C21H20ClNO3. The summed E-state index contributed by atoms with van der Waals surface area (Å²) in [5.41, 5.74) is 2.61. The van der Waals surface area contributed by atoms with Gasteiger partial charge in [-0.25, -0.2) is 0 Å². The third-order valence-corrected chi connectivity index (χ3v) is 4.96. The van der Waals surface area contributed by atoms with Crippen LogP contribution in [0.1, 0.15) is 24.0 Å². The van der Waals surface area contributed by atoms with E-state index in [4.69, 9.17) is 21.1 Å². The summed E-state index contributed by atoms with van der Waals surface area (Å²) >= 11 is 6.07. The zero-order valence-electron chi connectivity index (χ0n) is 14.6. The minimum atomic E-state index is 0.0361. The van der Waals surface area contributed by atoms with Gasteiger partial charge in [0, 0.05) is 23.2 Å². The second-order valence-electron chi connectivity index (χ2n) is 6.65. The van der Waals surface area contributed by atoms with Crippen LogP contribution >= 0.6 is 11.6 Å². The summed E-state index contributed by atoms with van der Waals surface area (Å²) in [5.74, 6) is 1.61. The molecule has 1 aliphatic carbocycles. The molecule has 134 valence electrons. The Balaban J connectivity index is 1.56. The smallest absolute Gasteiger partial charge is 0.253 e. The largest absolute Gasteiger partial charge is 0.497 e. The number of ether oxygens (including phenoxy) is 2. The molecule has 0 N–H and O–H groups in total. The van der Waals surface area contributed by atoms with E-state index in [0.717, 1.165) is 35.5 Å². The van der Waals surface area contributed by atoms with Gasteiger partial charge in [0.15, 0.2) is 0 Å². The molecule has 0 bridgehead atoms. The Bertz CT molecular complexity index is 856. The summed E-state index contributed by atoms with van der Waals surface area (Å²) in [6.45, 7) is 0.881. The zero-order valence-corrected chi connectivity index (χ0v) is 15.3. The van der Waals surface area contributed by atoms with E-state index in [2.05, 4.69) is 0 Å². The molecule has 0 atom stereocenters. The molecule has 5 heteroatoms. The maximum atomic E-state index is 13.1. The van der Waals surface area contributed by atoms with Crippen molar-refractivity contribution in [1.29, 1.82) is 0 Å². The van der Waals surface area contributed by atoms with Crippen LogP contribution in [0.4, 0.5) is 0 Å². The van der Waals surface area contributed by atoms with E-state index in [-0.39, 0.29) is 5.91 Å². The van der Waals surface area contributed by atoms with Crippen LogP contribution in [0, 0.1) is 0 Å². The fraction of sp³-hybridized carbons (Fsp3) is 0.286. The van der Waals surface area contributed by atoms with Crippen molar-refractivity contribution >= 4 is 23.6 Å². The summed E-state index contributed by atoms with van der Waals surface area (Å²) in [5, 5.41) is 0.634. The van der Waals surface area contributed by atoms with Gasteiger partial charge in [-0.2, -0.15) is 0 Å². The van der Waals surface area contributed by atoms with Crippen molar-refractivity contribution in [3.8, 4) is 11.5 Å². The van der Waals surface area contributed by atoms with Crippen LogP contribution < -0.4 is 9.47 Å². The first-order valence-corrected chi connectivity index (χ1v) is 9.08. The van der Waals surface area contributed by atoms with Gasteiger partial charge in [-0.05, 0) is 54.8 Å². The highest BCUT2D eigenvalue weighted by atomic mass is 35.5. The van der Waals surface area contributed by atoms with Gasteiger partial charge in [-0.1, -0.05) is 23.7 Å². The van der Waals surface area contributed by atoms with Gasteiger partial charge in [0.05, 0.1) is 12.7 Å². The Morgan fingerprint density at radius 1 is 1.23 bits per heavy atom. The second kappa shape index (κ2) is 7.04. The first-order chi connectivity index (χ1) is 12.6. The van der Waals surface area contributed by atoms with Crippen LogP contribution in [0.3, 0.4) is 0 Å². The molecule has 1 fully saturated rings. The van der Waals surface area contributed by atoms with Crippen LogP contribution in [-0.2, 0) is 11.3 Å². The lowest BCUT2D eigenvalue weighted by atomic mass is 10.1. The number of methoxy groups -OCH3 is 1. The molecule has 1 amide bonds. The molecule has 1 heterocycles. The number of nitrogens with zero attached hydrogens (tertiary/aromatic N) is 1. The van der Waals surface area contributed by atoms with Gasteiger partial charge in [0.25, 0.3) is 5.91 Å². The second-order valence-corrected chi connectivity index (χ2v) is 7.09. The molecule has 2 aromatic carbocycles. The molecule has 4 rings (SSSR count). The Hall–Kier alpha value is -2.46. The predicted octanol–water partition coefficient (Wildman–Crippen LogP) is 4.32. The monoisotopic (exact) mass is 369 g/mol. The van der Waals surface area contributed by atoms with Crippen molar-refractivity contribution in [2.75, 3.05) is 13.7 Å². The van der Waals surface area contributed by atoms with Crippen molar-refractivity contribution in [2.45, 2.75) is 25.4 Å². The van der Waals surface area contributed by atoms with Gasteiger partial charge in [0.1, 0.15) is 18.1 Å². The van der Waals surface area contributed by atoms with E-state index in [9.17, 15) is 4.79 Å². The van der Waals surface area contributed by atoms with Gasteiger partial charge >= 0.3 is 0 Å². The number of amides is 1. The fourth-order valence-corrected chi connectivity index (χ4v) is 3.32. The summed E-state index contributed by atoms with van der Waals surface area (Å²) in [6.07, 6.45) is 4.01. The maximum absolute atomic E-state index is 13.1. The van der Waals surface area contributed by atoms with Gasteiger partial charge in [-0.3, -0.25) is 4.79 Å². The Labute approximate surface area is 158 Å². The molecule has 1 saturated carbocycles. The van der Waals surface area contributed by atoms with Crippen LogP contribution in [-0.4, -0.2) is 30.6 Å². The number of halogens is 1. The molecule has 0 saturated heterocycles. The molecule has 0 unspecified atom stereocenters. The lowest BCUT2D eigenvalue weighted by Gasteiger charge is -2.26. The van der Waals surface area contributed by atoms with Gasteiger partial charge < -0.3 is 14.4 Å².